The number of aliphatic carboxylic acids is 2. The molecule has 11 amide bonds. The van der Waals surface area contributed by atoms with Gasteiger partial charge in [-0.3, -0.25) is 62.3 Å². The number of nitrogens with one attached hydrogen (secondary N) is 9. The number of nitrogens with two attached hydrogens (primary N) is 2. The Bertz CT molecular complexity index is 2420. The molecular weight excluding hydrogens is 1090 g/mol. The number of unbranched alkanes of at least 4 members (excludes halogenated alkanes) is 11. The summed E-state index contributed by atoms with van der Waals surface area (Å²) in [4.78, 5) is 185. The number of hydrogen-bond acceptors (Lipinski definition) is 16. The van der Waals surface area contributed by atoms with Crippen LogP contribution >= 0.6 is 0 Å². The van der Waals surface area contributed by atoms with Crippen molar-refractivity contribution in [2.24, 2.45) is 17.4 Å². The van der Waals surface area contributed by atoms with E-state index in [0.717, 1.165) is 32.1 Å². The van der Waals surface area contributed by atoms with Crippen LogP contribution in [-0.2, 0) is 78.3 Å². The summed E-state index contributed by atoms with van der Waals surface area (Å²) in [6.07, 6.45) is 5.68. The molecule has 0 bridgehead atoms. The maximum absolute atomic E-state index is 14.4. The number of hydrogen-bond donors (Lipinski definition) is 14. The number of aromatic hydroxyl groups is 1. The molecule has 1 aliphatic rings. The van der Waals surface area contributed by atoms with Crippen LogP contribution in [0.5, 0.6) is 5.75 Å². The van der Waals surface area contributed by atoms with Crippen LogP contribution < -0.4 is 59.3 Å². The van der Waals surface area contributed by atoms with Crippen molar-refractivity contribution in [1.29, 1.82) is 0 Å². The lowest BCUT2D eigenvalue weighted by Crippen LogP contribution is -2.60. The van der Waals surface area contributed by atoms with Crippen LogP contribution in [0, 0.1) is 5.92 Å². The van der Waals surface area contributed by atoms with Crippen LogP contribution in [0.2, 0.25) is 0 Å². The van der Waals surface area contributed by atoms with Crippen molar-refractivity contribution in [2.45, 2.75) is 198 Å². The summed E-state index contributed by atoms with van der Waals surface area (Å²) in [5.41, 5.74) is 11.0. The van der Waals surface area contributed by atoms with Gasteiger partial charge in [-0.25, -0.2) is 4.79 Å². The monoisotopic (exact) mass is 1170 g/mol. The number of cyclic esters (lactones) is 1. The Labute approximate surface area is 480 Å². The summed E-state index contributed by atoms with van der Waals surface area (Å²) in [6.45, 7) is 4.37. The van der Waals surface area contributed by atoms with E-state index in [1.165, 1.54) is 77.1 Å². The number of phenolic OH excluding ortho intramolecular Hbond substituents is 1. The normalized spacial score (nSPS) is 22.3. The lowest BCUT2D eigenvalue weighted by Gasteiger charge is -2.30. The highest BCUT2D eigenvalue weighted by Crippen LogP contribution is 2.16. The summed E-state index contributed by atoms with van der Waals surface area (Å²) in [7, 11) is 0. The Hall–Kier alpha value is -8.40. The molecule has 0 spiro atoms. The molecule has 8 atom stereocenters. The number of esters is 1. The second-order valence-electron chi connectivity index (χ2n) is 20.7. The fraction of sp³-hybridized carbons (Fsp3) is 0.630. The second kappa shape index (κ2) is 37.6. The third kappa shape index (κ3) is 28.7. The van der Waals surface area contributed by atoms with Crippen molar-refractivity contribution in [3.63, 3.8) is 0 Å². The predicted octanol–water partition coefficient (Wildman–Crippen LogP) is -1.66. The average Bonchev–Trinajstić information content (AvgIpc) is 3.47. The summed E-state index contributed by atoms with van der Waals surface area (Å²) in [6, 6.07) is -7.29. The molecule has 1 fully saturated rings. The first-order valence-corrected chi connectivity index (χ1v) is 27.8. The van der Waals surface area contributed by atoms with Gasteiger partial charge in [0.1, 0.15) is 54.1 Å². The van der Waals surface area contributed by atoms with Crippen LogP contribution in [0.15, 0.2) is 24.3 Å². The van der Waals surface area contributed by atoms with Gasteiger partial charge < -0.3 is 79.4 Å². The van der Waals surface area contributed by atoms with E-state index in [1.807, 2.05) is 5.32 Å². The Morgan fingerprint density at radius 3 is 1.48 bits per heavy atom. The zero-order valence-corrected chi connectivity index (χ0v) is 47.5. The van der Waals surface area contributed by atoms with Crippen LogP contribution in [0.1, 0.15) is 149 Å². The van der Waals surface area contributed by atoms with Crippen LogP contribution in [-0.4, -0.2) is 160 Å². The average molecular weight is 1170 g/mol. The standard InChI is InChI=1S/C54H83N11O18/c1-5-6-7-8-9-10-11-12-13-14-15-16-17-41(69)64-47-31(4)83-54(82)46(30(2)3)65-52(80)35(24-32-18-20-33(66)21-19-32)59-42(70)28-57-49(77)38(27-45(74)75)63-51(79)36(25-40(56)68)60-43(71)29-58-48(76)37(26-44(72)73)62-50(78)34(61-53(47)81)22-23-39(55)67/h18-21,30-31,34-38,46-47,66H,5-17,22-29H2,1-4H3,(H2,55,67)(H2,56,68)(H,57,77)(H,58,76)(H,59,70)(H,60,71)(H,61,81)(H,62,78)(H,63,79)(H,64,69)(H,65,80)(H,72,73)(H,74,75). The number of carbonyl (C=O) groups is 14. The number of amides is 11. The van der Waals surface area contributed by atoms with Gasteiger partial charge in [-0.2, -0.15) is 0 Å². The molecule has 0 radical (unpaired) electrons. The summed E-state index contributed by atoms with van der Waals surface area (Å²) >= 11 is 0. The van der Waals surface area contributed by atoms with Gasteiger partial charge in [0.15, 0.2) is 0 Å². The van der Waals surface area contributed by atoms with Crippen molar-refractivity contribution in [3.05, 3.63) is 29.8 Å². The minimum atomic E-state index is -2.02. The first-order valence-electron chi connectivity index (χ1n) is 27.8. The topological polar surface area (TPSA) is 469 Å². The molecule has 29 heteroatoms. The summed E-state index contributed by atoms with van der Waals surface area (Å²) in [5.74, 6) is -18.0. The number of phenols is 1. The van der Waals surface area contributed by atoms with E-state index in [1.54, 1.807) is 0 Å². The highest BCUT2D eigenvalue weighted by atomic mass is 16.5. The van der Waals surface area contributed by atoms with Crippen molar-refractivity contribution in [3.8, 4) is 5.75 Å². The van der Waals surface area contributed by atoms with Gasteiger partial charge in [0, 0.05) is 19.3 Å². The molecule has 0 aliphatic carbocycles. The molecule has 2 rings (SSSR count). The van der Waals surface area contributed by atoms with Crippen LogP contribution in [0.4, 0.5) is 0 Å². The number of carboxylic acids is 2. The van der Waals surface area contributed by atoms with Crippen molar-refractivity contribution < 1.29 is 87.2 Å². The van der Waals surface area contributed by atoms with Gasteiger partial charge in [0.2, 0.25) is 65.0 Å². The minimum absolute atomic E-state index is 0.0954. The van der Waals surface area contributed by atoms with Gasteiger partial charge >= 0.3 is 17.9 Å². The summed E-state index contributed by atoms with van der Waals surface area (Å²) in [5, 5.41) is 49.5. The molecule has 1 aliphatic heterocycles. The Kier molecular flexibility index (Phi) is 32.0. The maximum Gasteiger partial charge on any atom is 0.329 e. The third-order valence-electron chi connectivity index (χ3n) is 13.1. The molecular formula is C54H83N11O18. The molecule has 462 valence electrons. The molecule has 1 saturated heterocycles. The lowest BCUT2D eigenvalue weighted by molar-refractivity contribution is -0.157. The van der Waals surface area contributed by atoms with E-state index in [9.17, 15) is 82.4 Å². The number of rotatable bonds is 26. The van der Waals surface area contributed by atoms with Gasteiger partial charge in [0.05, 0.1) is 32.4 Å². The Morgan fingerprint density at radius 1 is 0.566 bits per heavy atom. The van der Waals surface area contributed by atoms with E-state index in [4.69, 9.17) is 16.2 Å². The smallest absolute Gasteiger partial charge is 0.329 e. The maximum atomic E-state index is 14.4. The number of carbonyl (C=O) groups excluding carboxylic acids is 12. The Balaban J connectivity index is 2.67. The van der Waals surface area contributed by atoms with E-state index in [-0.39, 0.29) is 18.6 Å². The van der Waals surface area contributed by atoms with Gasteiger partial charge in [0.25, 0.3) is 0 Å². The molecule has 8 unspecified atom stereocenters. The number of primary amides is 2. The van der Waals surface area contributed by atoms with E-state index in [2.05, 4.69) is 49.5 Å². The van der Waals surface area contributed by atoms with Crippen molar-refractivity contribution in [2.75, 3.05) is 13.1 Å². The SMILES string of the molecule is CCCCCCCCCCCCCCC(=O)NC1C(=O)NC(CCC(N)=O)C(=O)NC(CC(=O)O)C(=O)NCC(=O)NC(CC(N)=O)C(=O)NC(CC(=O)O)C(=O)NCC(=O)NC(Cc2ccc(O)cc2)C(=O)NC(C(C)C)C(=O)OC1C. The fourth-order valence-corrected chi connectivity index (χ4v) is 8.53. The lowest BCUT2D eigenvalue weighted by atomic mass is 10.0. The van der Waals surface area contributed by atoms with Gasteiger partial charge in [-0.15, -0.1) is 0 Å². The highest BCUT2D eigenvalue weighted by molar-refractivity contribution is 6.00. The molecule has 0 aromatic heterocycles. The fourth-order valence-electron chi connectivity index (χ4n) is 8.53. The number of carboxylic acid groups (broad SMARTS) is 2. The zero-order valence-electron chi connectivity index (χ0n) is 47.5. The zero-order chi connectivity index (χ0) is 62.2. The number of ether oxygens (including phenoxy) is 1. The van der Waals surface area contributed by atoms with E-state index >= 15 is 0 Å². The van der Waals surface area contributed by atoms with Crippen molar-refractivity contribution >= 4 is 82.9 Å². The quantitative estimate of drug-likeness (QED) is 0.0365. The molecule has 83 heavy (non-hydrogen) atoms. The highest BCUT2D eigenvalue weighted by Gasteiger charge is 2.38. The molecule has 0 saturated carbocycles. The predicted molar refractivity (Wildman–Crippen MR) is 294 cm³/mol. The molecule has 1 aromatic carbocycles. The largest absolute Gasteiger partial charge is 0.508 e. The first kappa shape index (κ1) is 70.7. The molecule has 29 nitrogen and oxygen atoms in total. The first-order chi connectivity index (χ1) is 39.2. The van der Waals surface area contributed by atoms with Gasteiger partial charge in [-0.05, 0) is 43.4 Å². The van der Waals surface area contributed by atoms with Crippen LogP contribution in [0.3, 0.4) is 0 Å². The summed E-state index contributed by atoms with van der Waals surface area (Å²) < 4.78 is 5.75. The second-order valence-corrected chi connectivity index (χ2v) is 20.7. The minimum Gasteiger partial charge on any atom is -0.508 e. The van der Waals surface area contributed by atoms with E-state index < -0.39 is 182 Å². The van der Waals surface area contributed by atoms with Gasteiger partial charge in [-0.1, -0.05) is 104 Å². The third-order valence-corrected chi connectivity index (χ3v) is 13.1. The number of benzene rings is 1. The molecule has 1 aromatic rings. The molecule has 16 N–H and O–H groups in total. The van der Waals surface area contributed by atoms with E-state index in [0.29, 0.717) is 18.4 Å². The van der Waals surface area contributed by atoms with Crippen molar-refractivity contribution in [1.82, 2.24) is 47.9 Å². The van der Waals surface area contributed by atoms with Crippen LogP contribution in [0.25, 0.3) is 0 Å². The molecule has 1 heterocycles. The Morgan fingerprint density at radius 2 is 1.01 bits per heavy atom.